The summed E-state index contributed by atoms with van der Waals surface area (Å²) in [6.07, 6.45) is 2.57. The Balaban J connectivity index is 2.15. The van der Waals surface area contributed by atoms with E-state index in [1.165, 1.54) is 30.6 Å². The molecule has 1 aromatic carbocycles. The molecule has 2 N–H and O–H groups in total. The maximum Gasteiger partial charge on any atom is 0.0414 e. The molecule has 1 aromatic rings. The lowest BCUT2D eigenvalue weighted by Gasteiger charge is -2.37. The molecule has 0 aliphatic carbocycles. The van der Waals surface area contributed by atoms with Gasteiger partial charge in [0.25, 0.3) is 0 Å². The summed E-state index contributed by atoms with van der Waals surface area (Å²) in [5.74, 6) is 0. The standard InChI is InChI=1S/C14H23N3/c1-16-9-5-7-13(11-16)17(2)14-8-4-3-6-12(14)10-15/h3-4,6,8,13H,5,7,9-11,15H2,1-2H3. The molecule has 0 radical (unpaired) electrons. The number of hydrogen-bond acceptors (Lipinski definition) is 3. The third kappa shape index (κ3) is 2.79. The number of nitrogens with zero attached hydrogens (tertiary/aromatic N) is 2. The molecule has 1 saturated heterocycles. The Hall–Kier alpha value is -1.06. The second-order valence-corrected chi connectivity index (χ2v) is 5.00. The molecule has 94 valence electrons. The monoisotopic (exact) mass is 233 g/mol. The van der Waals surface area contributed by atoms with Crippen molar-refractivity contribution in [1.82, 2.24) is 4.90 Å². The van der Waals surface area contributed by atoms with E-state index < -0.39 is 0 Å². The molecule has 0 saturated carbocycles. The second kappa shape index (κ2) is 5.52. The maximum absolute atomic E-state index is 5.81. The Morgan fingerprint density at radius 2 is 2.18 bits per heavy atom. The number of piperidine rings is 1. The lowest BCUT2D eigenvalue weighted by atomic mass is 10.0. The summed E-state index contributed by atoms with van der Waals surface area (Å²) in [6, 6.07) is 9.07. The molecule has 1 atom stereocenters. The summed E-state index contributed by atoms with van der Waals surface area (Å²) in [5.41, 5.74) is 8.33. The first-order chi connectivity index (χ1) is 8.22. The summed E-state index contributed by atoms with van der Waals surface area (Å²) in [6.45, 7) is 2.99. The van der Waals surface area contributed by atoms with Crippen LogP contribution in [0.15, 0.2) is 24.3 Å². The van der Waals surface area contributed by atoms with E-state index in [-0.39, 0.29) is 0 Å². The third-order valence-electron chi connectivity index (χ3n) is 3.74. The van der Waals surface area contributed by atoms with E-state index in [4.69, 9.17) is 5.73 Å². The number of likely N-dealkylation sites (tertiary alicyclic amines) is 1. The van der Waals surface area contributed by atoms with Crippen LogP contribution >= 0.6 is 0 Å². The third-order valence-corrected chi connectivity index (χ3v) is 3.74. The molecule has 1 aliphatic heterocycles. The smallest absolute Gasteiger partial charge is 0.0414 e. The van der Waals surface area contributed by atoms with Crippen LogP contribution in [0.25, 0.3) is 0 Å². The van der Waals surface area contributed by atoms with Crippen molar-refractivity contribution in [3.8, 4) is 0 Å². The zero-order valence-corrected chi connectivity index (χ0v) is 10.9. The van der Waals surface area contributed by atoms with Gasteiger partial charge in [-0.3, -0.25) is 0 Å². The van der Waals surface area contributed by atoms with Gasteiger partial charge in [-0.05, 0) is 38.1 Å². The lowest BCUT2D eigenvalue weighted by Crippen LogP contribution is -2.45. The Morgan fingerprint density at radius 3 is 2.88 bits per heavy atom. The van der Waals surface area contributed by atoms with Crippen LogP contribution in [-0.2, 0) is 6.54 Å². The Morgan fingerprint density at radius 1 is 1.41 bits per heavy atom. The van der Waals surface area contributed by atoms with E-state index in [1.54, 1.807) is 0 Å². The highest BCUT2D eigenvalue weighted by atomic mass is 15.2. The zero-order valence-electron chi connectivity index (χ0n) is 10.9. The van der Waals surface area contributed by atoms with Crippen LogP contribution in [0.5, 0.6) is 0 Å². The number of anilines is 1. The second-order valence-electron chi connectivity index (χ2n) is 5.00. The minimum atomic E-state index is 0.612. The molecular formula is C14H23N3. The number of likely N-dealkylation sites (N-methyl/N-ethyl adjacent to an activating group) is 2. The molecule has 0 bridgehead atoms. The molecule has 0 spiro atoms. The molecule has 3 nitrogen and oxygen atoms in total. The zero-order chi connectivity index (χ0) is 12.3. The van der Waals surface area contributed by atoms with Crippen molar-refractivity contribution in [2.75, 3.05) is 32.1 Å². The molecule has 0 aromatic heterocycles. The summed E-state index contributed by atoms with van der Waals surface area (Å²) in [5, 5.41) is 0. The van der Waals surface area contributed by atoms with Crippen molar-refractivity contribution in [3.05, 3.63) is 29.8 Å². The van der Waals surface area contributed by atoms with Crippen LogP contribution in [0.4, 0.5) is 5.69 Å². The fraction of sp³-hybridized carbons (Fsp3) is 0.571. The topological polar surface area (TPSA) is 32.5 Å². The Kier molecular flexibility index (Phi) is 4.02. The van der Waals surface area contributed by atoms with Crippen LogP contribution in [-0.4, -0.2) is 38.1 Å². The van der Waals surface area contributed by atoms with Crippen LogP contribution < -0.4 is 10.6 Å². The first-order valence-electron chi connectivity index (χ1n) is 6.41. The number of hydrogen-bond donors (Lipinski definition) is 1. The first-order valence-corrected chi connectivity index (χ1v) is 6.41. The number of rotatable bonds is 3. The van der Waals surface area contributed by atoms with Gasteiger partial charge >= 0.3 is 0 Å². The lowest BCUT2D eigenvalue weighted by molar-refractivity contribution is 0.248. The first kappa shape index (κ1) is 12.4. The summed E-state index contributed by atoms with van der Waals surface area (Å²) in [7, 11) is 4.40. The van der Waals surface area contributed by atoms with Gasteiger partial charge in [0.2, 0.25) is 0 Å². The molecule has 1 unspecified atom stereocenters. The molecule has 1 fully saturated rings. The Labute approximate surface area is 104 Å². The number of benzene rings is 1. The molecule has 0 amide bonds. The highest BCUT2D eigenvalue weighted by Crippen LogP contribution is 2.24. The summed E-state index contributed by atoms with van der Waals surface area (Å²) < 4.78 is 0. The van der Waals surface area contributed by atoms with Crippen LogP contribution in [0.3, 0.4) is 0 Å². The van der Waals surface area contributed by atoms with Crippen LogP contribution in [0.1, 0.15) is 18.4 Å². The largest absolute Gasteiger partial charge is 0.370 e. The van der Waals surface area contributed by atoms with Crippen LogP contribution in [0, 0.1) is 0 Å². The van der Waals surface area contributed by atoms with Crippen molar-refractivity contribution in [3.63, 3.8) is 0 Å². The van der Waals surface area contributed by atoms with E-state index >= 15 is 0 Å². The predicted molar refractivity (Wildman–Crippen MR) is 73.3 cm³/mol. The fourth-order valence-electron chi connectivity index (χ4n) is 2.68. The van der Waals surface area contributed by atoms with E-state index in [2.05, 4.69) is 48.2 Å². The SMILES string of the molecule is CN1CCCC(N(C)c2ccccc2CN)C1. The highest BCUT2D eigenvalue weighted by Gasteiger charge is 2.22. The molecule has 2 rings (SSSR count). The van der Waals surface area contributed by atoms with Crippen molar-refractivity contribution < 1.29 is 0 Å². The predicted octanol–water partition coefficient (Wildman–Crippen LogP) is 1.68. The van der Waals surface area contributed by atoms with Gasteiger partial charge < -0.3 is 15.5 Å². The van der Waals surface area contributed by atoms with Crippen LogP contribution in [0.2, 0.25) is 0 Å². The van der Waals surface area contributed by atoms with Gasteiger partial charge in [-0.1, -0.05) is 18.2 Å². The van der Waals surface area contributed by atoms with Gasteiger partial charge in [-0.15, -0.1) is 0 Å². The maximum atomic E-state index is 5.81. The van der Waals surface area contributed by atoms with Gasteiger partial charge in [0.05, 0.1) is 0 Å². The fourth-order valence-corrected chi connectivity index (χ4v) is 2.68. The highest BCUT2D eigenvalue weighted by molar-refractivity contribution is 5.53. The Bertz CT molecular complexity index is 364. The van der Waals surface area contributed by atoms with Crippen molar-refractivity contribution in [2.45, 2.75) is 25.4 Å². The van der Waals surface area contributed by atoms with Gasteiger partial charge in [0.1, 0.15) is 0 Å². The molecular weight excluding hydrogens is 210 g/mol. The molecule has 17 heavy (non-hydrogen) atoms. The minimum Gasteiger partial charge on any atom is -0.370 e. The van der Waals surface area contributed by atoms with Gasteiger partial charge in [0, 0.05) is 31.9 Å². The normalized spacial score (nSPS) is 21.5. The van der Waals surface area contributed by atoms with Gasteiger partial charge in [-0.25, -0.2) is 0 Å². The molecule has 1 aliphatic rings. The number of nitrogens with two attached hydrogens (primary N) is 1. The van der Waals surface area contributed by atoms with Crippen molar-refractivity contribution in [1.29, 1.82) is 0 Å². The van der Waals surface area contributed by atoms with E-state index in [0.717, 1.165) is 6.54 Å². The van der Waals surface area contributed by atoms with E-state index in [9.17, 15) is 0 Å². The van der Waals surface area contributed by atoms with Gasteiger partial charge in [-0.2, -0.15) is 0 Å². The molecule has 1 heterocycles. The van der Waals surface area contributed by atoms with Crippen molar-refractivity contribution in [2.24, 2.45) is 5.73 Å². The average Bonchev–Trinajstić information content (AvgIpc) is 2.38. The van der Waals surface area contributed by atoms with E-state index in [0.29, 0.717) is 12.6 Å². The van der Waals surface area contributed by atoms with E-state index in [1.807, 2.05) is 0 Å². The molecule has 3 heteroatoms. The minimum absolute atomic E-state index is 0.612. The summed E-state index contributed by atoms with van der Waals surface area (Å²) >= 11 is 0. The average molecular weight is 233 g/mol. The quantitative estimate of drug-likeness (QED) is 0.862. The van der Waals surface area contributed by atoms with Crippen molar-refractivity contribution >= 4 is 5.69 Å². The number of para-hydroxylation sites is 1. The van der Waals surface area contributed by atoms with Gasteiger partial charge in [0.15, 0.2) is 0 Å². The summed E-state index contributed by atoms with van der Waals surface area (Å²) in [4.78, 5) is 4.81.